The summed E-state index contributed by atoms with van der Waals surface area (Å²) in [5, 5.41) is 12.2. The Hall–Kier alpha value is -1.26. The molecule has 1 saturated heterocycles. The summed E-state index contributed by atoms with van der Waals surface area (Å²) in [5.74, 6) is -0.159. The number of urea groups is 1. The van der Waals surface area contributed by atoms with Crippen LogP contribution in [0.5, 0.6) is 0 Å². The molecule has 0 radical (unpaired) electrons. The second-order valence-corrected chi connectivity index (χ2v) is 7.03. The first kappa shape index (κ1) is 15.1. The van der Waals surface area contributed by atoms with Crippen LogP contribution < -0.4 is 5.32 Å². The van der Waals surface area contributed by atoms with Gasteiger partial charge >= 0.3 is 12.0 Å². The minimum absolute atomic E-state index is 0.0376. The van der Waals surface area contributed by atoms with Crippen LogP contribution in [-0.4, -0.2) is 41.6 Å². The van der Waals surface area contributed by atoms with E-state index in [1.165, 1.54) is 12.8 Å². The lowest BCUT2D eigenvalue weighted by Gasteiger charge is -2.36. The van der Waals surface area contributed by atoms with Crippen LogP contribution in [0.4, 0.5) is 4.79 Å². The molecule has 1 heterocycles. The molecular formula is C15H26N2O3. The summed E-state index contributed by atoms with van der Waals surface area (Å²) < 4.78 is 0. The summed E-state index contributed by atoms with van der Waals surface area (Å²) >= 11 is 0. The van der Waals surface area contributed by atoms with Gasteiger partial charge in [-0.1, -0.05) is 13.8 Å². The number of rotatable bonds is 4. The molecular weight excluding hydrogens is 256 g/mol. The molecule has 1 saturated carbocycles. The van der Waals surface area contributed by atoms with Crippen molar-refractivity contribution in [1.29, 1.82) is 0 Å². The Morgan fingerprint density at radius 1 is 1.20 bits per heavy atom. The van der Waals surface area contributed by atoms with E-state index in [2.05, 4.69) is 19.2 Å². The Morgan fingerprint density at radius 2 is 1.75 bits per heavy atom. The molecule has 0 aromatic carbocycles. The third kappa shape index (κ3) is 2.91. The fourth-order valence-corrected chi connectivity index (χ4v) is 2.90. The lowest BCUT2D eigenvalue weighted by atomic mass is 9.80. The molecule has 0 bridgehead atoms. The zero-order valence-electron chi connectivity index (χ0n) is 12.7. The van der Waals surface area contributed by atoms with Gasteiger partial charge in [0, 0.05) is 19.6 Å². The minimum Gasteiger partial charge on any atom is -0.481 e. The smallest absolute Gasteiger partial charge is 0.317 e. The highest BCUT2D eigenvalue weighted by Gasteiger charge is 2.45. The van der Waals surface area contributed by atoms with Gasteiger partial charge in [-0.2, -0.15) is 0 Å². The summed E-state index contributed by atoms with van der Waals surface area (Å²) in [6.45, 7) is 7.99. The number of hydrogen-bond acceptors (Lipinski definition) is 2. The third-order valence-corrected chi connectivity index (χ3v) is 5.38. The zero-order valence-corrected chi connectivity index (χ0v) is 12.7. The predicted molar refractivity (Wildman–Crippen MR) is 76.5 cm³/mol. The van der Waals surface area contributed by atoms with Crippen molar-refractivity contribution < 1.29 is 14.7 Å². The van der Waals surface area contributed by atoms with Crippen LogP contribution in [0.25, 0.3) is 0 Å². The summed E-state index contributed by atoms with van der Waals surface area (Å²) in [6, 6.07) is -0.0376. The summed E-state index contributed by atoms with van der Waals surface area (Å²) in [7, 11) is 0. The van der Waals surface area contributed by atoms with Crippen molar-refractivity contribution in [3.05, 3.63) is 0 Å². The maximum Gasteiger partial charge on any atom is 0.317 e. The largest absolute Gasteiger partial charge is 0.481 e. The predicted octanol–water partition coefficient (Wildman–Crippen LogP) is 2.32. The van der Waals surface area contributed by atoms with E-state index in [0.717, 1.165) is 6.54 Å². The van der Waals surface area contributed by atoms with E-state index in [-0.39, 0.29) is 6.03 Å². The fraction of sp³-hybridized carbons (Fsp3) is 0.867. The van der Waals surface area contributed by atoms with E-state index in [1.807, 2.05) is 0 Å². The maximum atomic E-state index is 12.1. The molecule has 5 heteroatoms. The number of amides is 2. The number of likely N-dealkylation sites (tertiary alicyclic amines) is 1. The molecule has 0 atom stereocenters. The molecule has 0 spiro atoms. The lowest BCUT2D eigenvalue weighted by Crippen LogP contribution is -2.49. The van der Waals surface area contributed by atoms with Gasteiger partial charge < -0.3 is 15.3 Å². The average molecular weight is 282 g/mol. The van der Waals surface area contributed by atoms with Crippen molar-refractivity contribution in [3.8, 4) is 0 Å². The first-order valence-electron chi connectivity index (χ1n) is 7.55. The Morgan fingerprint density at radius 3 is 2.15 bits per heavy atom. The molecule has 1 aliphatic heterocycles. The molecule has 0 aromatic heterocycles. The van der Waals surface area contributed by atoms with Crippen molar-refractivity contribution in [1.82, 2.24) is 10.2 Å². The zero-order chi connectivity index (χ0) is 15.0. The van der Waals surface area contributed by atoms with E-state index >= 15 is 0 Å². The molecule has 2 rings (SSSR count). The van der Waals surface area contributed by atoms with Gasteiger partial charge in [-0.15, -0.1) is 0 Å². The first-order chi connectivity index (χ1) is 9.29. The van der Waals surface area contributed by atoms with Gasteiger partial charge in [0.1, 0.15) is 0 Å². The van der Waals surface area contributed by atoms with Crippen molar-refractivity contribution in [2.45, 2.75) is 46.5 Å². The molecule has 114 valence electrons. The number of carboxylic acid groups (broad SMARTS) is 1. The molecule has 0 aromatic rings. The Bertz CT molecular complexity index is 394. The number of piperidine rings is 1. The Balaban J connectivity index is 1.79. The highest BCUT2D eigenvalue weighted by molar-refractivity contribution is 5.77. The van der Waals surface area contributed by atoms with Crippen molar-refractivity contribution in [3.63, 3.8) is 0 Å². The van der Waals surface area contributed by atoms with Crippen LogP contribution in [-0.2, 0) is 4.79 Å². The number of nitrogens with zero attached hydrogens (tertiary/aromatic N) is 1. The number of carboxylic acids is 1. The standard InChI is InChI=1S/C15H26N2O3/c1-11(2)15(4-5-15)10-16-13(20)17-8-6-14(3,7-9-17)12(18)19/h11H,4-10H2,1-3H3,(H,16,20)(H,18,19). The molecule has 1 aliphatic carbocycles. The minimum atomic E-state index is -0.755. The Kier molecular flexibility index (Phi) is 3.98. The van der Waals surface area contributed by atoms with E-state index < -0.39 is 11.4 Å². The van der Waals surface area contributed by atoms with Crippen molar-refractivity contribution in [2.75, 3.05) is 19.6 Å². The topological polar surface area (TPSA) is 69.6 Å². The van der Waals surface area contributed by atoms with Crippen molar-refractivity contribution in [2.24, 2.45) is 16.7 Å². The number of carbonyl (C=O) groups is 2. The fourth-order valence-electron chi connectivity index (χ4n) is 2.90. The molecule has 0 unspecified atom stereocenters. The molecule has 5 nitrogen and oxygen atoms in total. The maximum absolute atomic E-state index is 12.1. The Labute approximate surface area is 120 Å². The van der Waals surface area contributed by atoms with E-state index in [1.54, 1.807) is 11.8 Å². The van der Waals surface area contributed by atoms with Gasteiger partial charge in [0.25, 0.3) is 0 Å². The number of aliphatic carboxylic acids is 1. The molecule has 2 amide bonds. The van der Waals surface area contributed by atoms with Crippen LogP contribution >= 0.6 is 0 Å². The average Bonchev–Trinajstić information content (AvgIpc) is 3.18. The second kappa shape index (κ2) is 5.26. The van der Waals surface area contributed by atoms with Crippen LogP contribution in [0, 0.1) is 16.7 Å². The SMILES string of the molecule is CC(C)C1(CNC(=O)N2CCC(C)(C(=O)O)CC2)CC1. The normalized spacial score (nSPS) is 23.5. The van der Waals surface area contributed by atoms with Gasteiger partial charge in [-0.05, 0) is 43.9 Å². The molecule has 2 fully saturated rings. The van der Waals surface area contributed by atoms with Crippen molar-refractivity contribution >= 4 is 12.0 Å². The van der Waals surface area contributed by atoms with Crippen LogP contribution in [0.15, 0.2) is 0 Å². The second-order valence-electron chi connectivity index (χ2n) is 7.03. The van der Waals surface area contributed by atoms with Gasteiger partial charge in [0.15, 0.2) is 0 Å². The summed E-state index contributed by atoms with van der Waals surface area (Å²) in [5.41, 5.74) is -0.368. The van der Waals surface area contributed by atoms with Gasteiger partial charge in [-0.3, -0.25) is 4.79 Å². The number of carbonyl (C=O) groups excluding carboxylic acids is 1. The quantitative estimate of drug-likeness (QED) is 0.831. The van der Waals surface area contributed by atoms with Gasteiger partial charge in [-0.25, -0.2) is 4.79 Å². The summed E-state index contributed by atoms with van der Waals surface area (Å²) in [4.78, 5) is 25.1. The molecule has 2 aliphatic rings. The van der Waals surface area contributed by atoms with E-state index in [0.29, 0.717) is 37.3 Å². The van der Waals surface area contributed by atoms with E-state index in [4.69, 9.17) is 0 Å². The van der Waals surface area contributed by atoms with Crippen LogP contribution in [0.3, 0.4) is 0 Å². The highest BCUT2D eigenvalue weighted by atomic mass is 16.4. The van der Waals surface area contributed by atoms with Gasteiger partial charge in [0.05, 0.1) is 5.41 Å². The molecule has 20 heavy (non-hydrogen) atoms. The van der Waals surface area contributed by atoms with Crippen LogP contribution in [0.2, 0.25) is 0 Å². The summed E-state index contributed by atoms with van der Waals surface area (Å²) in [6.07, 6.45) is 3.46. The van der Waals surface area contributed by atoms with Gasteiger partial charge in [0.2, 0.25) is 0 Å². The number of hydrogen-bond donors (Lipinski definition) is 2. The number of nitrogens with one attached hydrogen (secondary N) is 1. The van der Waals surface area contributed by atoms with Crippen LogP contribution in [0.1, 0.15) is 46.5 Å². The third-order valence-electron chi connectivity index (χ3n) is 5.38. The van der Waals surface area contributed by atoms with E-state index in [9.17, 15) is 14.7 Å². The first-order valence-corrected chi connectivity index (χ1v) is 7.55. The monoisotopic (exact) mass is 282 g/mol. The highest BCUT2D eigenvalue weighted by Crippen LogP contribution is 2.51. The molecule has 2 N–H and O–H groups in total. The lowest BCUT2D eigenvalue weighted by molar-refractivity contribution is -0.150.